The number of ketones is 1. The average Bonchev–Trinajstić information content (AvgIpc) is 3.62. The second-order valence-corrected chi connectivity index (χ2v) is 20.2. The molecule has 44 heavy (non-hydrogen) atoms. The number of benzene rings is 1. The van der Waals surface area contributed by atoms with E-state index in [-0.39, 0.29) is 22.8 Å². The van der Waals surface area contributed by atoms with Crippen molar-refractivity contribution in [1.82, 2.24) is 9.97 Å². The summed E-state index contributed by atoms with van der Waals surface area (Å²) in [4.78, 5) is 25.1. The van der Waals surface area contributed by atoms with Gasteiger partial charge in [-0.25, -0.2) is 18.4 Å². The zero-order chi connectivity index (χ0) is 32.4. The van der Waals surface area contributed by atoms with Crippen LogP contribution in [0.5, 0.6) is 11.5 Å². The monoisotopic (exact) mass is 639 g/mol. The van der Waals surface area contributed by atoms with Crippen LogP contribution in [0.25, 0.3) is 11.3 Å². The molecule has 4 rings (SSSR count). The molecule has 3 aromatic rings. The van der Waals surface area contributed by atoms with Crippen molar-refractivity contribution in [3.63, 3.8) is 0 Å². The highest BCUT2D eigenvalue weighted by Gasteiger charge is 2.45. The number of rotatable bonds is 13. The Labute approximate surface area is 262 Å². The van der Waals surface area contributed by atoms with Crippen molar-refractivity contribution >= 4 is 29.8 Å². The number of hydrogen-bond donors (Lipinski definition) is 1. The minimum atomic E-state index is -3.43. The van der Waals surface area contributed by atoms with E-state index in [9.17, 15) is 13.2 Å². The first-order valence-corrected chi connectivity index (χ1v) is 19.2. The largest absolute Gasteiger partial charge is 0.469 e. The number of Topliss-reactive ketones (excluding diaryl/α,β-unsaturated/α-hetero) is 1. The number of pyridine rings is 1. The summed E-state index contributed by atoms with van der Waals surface area (Å²) in [6, 6.07) is 12.1. The quantitative estimate of drug-likeness (QED) is 0.152. The highest BCUT2D eigenvalue weighted by Crippen LogP contribution is 2.42. The number of aromatic amines is 1. The van der Waals surface area contributed by atoms with Gasteiger partial charge in [-0.1, -0.05) is 55.4 Å². The Bertz CT molecular complexity index is 1590. The van der Waals surface area contributed by atoms with E-state index >= 15 is 0 Å². The number of sulfone groups is 1. The number of H-pyrrole nitrogens is 1. The molecule has 0 saturated carbocycles. The van der Waals surface area contributed by atoms with Crippen LogP contribution in [0.3, 0.4) is 0 Å². The topological polar surface area (TPSA) is 120 Å². The van der Waals surface area contributed by atoms with Crippen molar-refractivity contribution in [2.24, 2.45) is 10.9 Å². The molecule has 0 radical (unpaired) electrons. The minimum absolute atomic E-state index is 0.0239. The van der Waals surface area contributed by atoms with Crippen LogP contribution in [0, 0.1) is 5.92 Å². The Morgan fingerprint density at radius 1 is 0.955 bits per heavy atom. The van der Waals surface area contributed by atoms with Crippen molar-refractivity contribution in [3.8, 4) is 22.8 Å². The maximum Gasteiger partial charge on any atom is 0.233 e. The molecule has 0 amide bonds. The number of aromatic nitrogens is 2. The van der Waals surface area contributed by atoms with E-state index in [0.29, 0.717) is 52.7 Å². The van der Waals surface area contributed by atoms with Crippen LogP contribution in [0.15, 0.2) is 58.7 Å². The van der Waals surface area contributed by atoms with Crippen LogP contribution in [0.4, 0.5) is 0 Å². The molecule has 1 aromatic carbocycles. The van der Waals surface area contributed by atoms with Gasteiger partial charge >= 0.3 is 0 Å². The molecule has 2 aromatic heterocycles. The fraction of sp³-hybridized carbons (Fsp3) is 0.485. The number of hydrogen-bond acceptors (Lipinski definition) is 8. The van der Waals surface area contributed by atoms with E-state index in [2.05, 4.69) is 56.5 Å². The zero-order valence-electron chi connectivity index (χ0n) is 27.2. The predicted octanol–water partition coefficient (Wildman–Crippen LogP) is 7.45. The lowest BCUT2D eigenvalue weighted by molar-refractivity contribution is 0.0939. The van der Waals surface area contributed by atoms with E-state index in [4.69, 9.17) is 13.9 Å². The Kier molecular flexibility index (Phi) is 10.2. The molecule has 1 aliphatic heterocycles. The molecule has 9 nitrogen and oxygen atoms in total. The van der Waals surface area contributed by atoms with Gasteiger partial charge in [-0.3, -0.25) is 4.79 Å². The molecule has 1 atom stereocenters. The molecule has 1 N–H and O–H groups in total. The van der Waals surface area contributed by atoms with Crippen molar-refractivity contribution in [3.05, 3.63) is 59.9 Å². The van der Waals surface area contributed by atoms with Gasteiger partial charge in [0.25, 0.3) is 0 Å². The third kappa shape index (κ3) is 7.32. The molecular weight excluding hydrogens is 595 g/mol. The molecule has 0 aliphatic carbocycles. The predicted molar refractivity (Wildman–Crippen MR) is 176 cm³/mol. The van der Waals surface area contributed by atoms with E-state index in [1.54, 1.807) is 12.1 Å². The lowest BCUT2D eigenvalue weighted by Crippen LogP contribution is -2.49. The second-order valence-electron chi connectivity index (χ2n) is 12.8. The van der Waals surface area contributed by atoms with Gasteiger partial charge in [0.15, 0.2) is 20.6 Å². The average molecular weight is 640 g/mol. The summed E-state index contributed by atoms with van der Waals surface area (Å²) in [6.07, 6.45) is 2.31. The fourth-order valence-corrected chi connectivity index (χ4v) is 12.2. The first-order chi connectivity index (χ1) is 20.6. The summed E-state index contributed by atoms with van der Waals surface area (Å²) >= 11 is 0. The Morgan fingerprint density at radius 3 is 2.18 bits per heavy atom. The number of carbonyl (C=O) groups excluding carboxylic acids is 1. The molecule has 0 spiro atoms. The van der Waals surface area contributed by atoms with E-state index in [0.717, 1.165) is 23.2 Å². The van der Waals surface area contributed by atoms with Gasteiger partial charge in [0, 0.05) is 29.0 Å². The van der Waals surface area contributed by atoms with E-state index < -0.39 is 18.2 Å². The Morgan fingerprint density at radius 2 is 1.61 bits per heavy atom. The van der Waals surface area contributed by atoms with Gasteiger partial charge in [-0.05, 0) is 59.1 Å². The molecular formula is C33H45N3O6SSi. The second kappa shape index (κ2) is 13.4. The molecule has 0 unspecified atom stereocenters. The first kappa shape index (κ1) is 33.6. The summed E-state index contributed by atoms with van der Waals surface area (Å²) in [5.74, 6) is 1.09. The normalized spacial score (nSPS) is 15.8. The standard InChI is InChI=1S/C33H45N3O6SSi/c1-20(2)32(37)25-14-24(15-27(16-25)41-26-10-13-31(34-17-26)43(9,38)39)29-11-12-30(36-29)33-35-18-28(42-33)19-40-44(21(3)4,22(5)6)23(7)8/h10-17,20-23,28,36H,18-19H2,1-9H3/t28-/m1/s1. The van der Waals surface area contributed by atoms with E-state index in [1.165, 1.54) is 12.3 Å². The Hall–Kier alpha value is -3.28. The minimum Gasteiger partial charge on any atom is -0.469 e. The third-order valence-corrected chi connectivity index (χ3v) is 15.3. The Balaban J connectivity index is 1.53. The van der Waals surface area contributed by atoms with Crippen molar-refractivity contribution in [2.75, 3.05) is 19.4 Å². The summed E-state index contributed by atoms with van der Waals surface area (Å²) in [7, 11) is -5.45. The molecule has 238 valence electrons. The fourth-order valence-electron chi connectivity index (χ4n) is 6.15. The van der Waals surface area contributed by atoms with Crippen LogP contribution in [-0.2, 0) is 19.0 Å². The number of aliphatic imine (C=N–C) groups is 1. The lowest BCUT2D eigenvalue weighted by atomic mass is 9.98. The van der Waals surface area contributed by atoms with Gasteiger partial charge in [-0.15, -0.1) is 0 Å². The smallest absolute Gasteiger partial charge is 0.233 e. The number of nitrogens with zero attached hydrogens (tertiary/aromatic N) is 2. The maximum absolute atomic E-state index is 13.0. The molecule has 3 heterocycles. The van der Waals surface area contributed by atoms with Gasteiger partial charge in [0.2, 0.25) is 14.2 Å². The molecule has 1 aliphatic rings. The molecule has 0 bridgehead atoms. The third-order valence-electron chi connectivity index (χ3n) is 8.21. The van der Waals surface area contributed by atoms with Gasteiger partial charge in [0.1, 0.15) is 23.3 Å². The van der Waals surface area contributed by atoms with E-state index in [1.807, 2.05) is 38.1 Å². The summed E-state index contributed by atoms with van der Waals surface area (Å²) in [5.41, 5.74) is 4.24. The van der Waals surface area contributed by atoms with Crippen molar-refractivity contribution in [1.29, 1.82) is 0 Å². The maximum atomic E-state index is 13.0. The summed E-state index contributed by atoms with van der Waals surface area (Å²) < 4.78 is 42.6. The van der Waals surface area contributed by atoms with Gasteiger partial charge in [0.05, 0.1) is 19.3 Å². The highest BCUT2D eigenvalue weighted by atomic mass is 32.2. The van der Waals surface area contributed by atoms with Crippen LogP contribution in [0.1, 0.15) is 71.4 Å². The van der Waals surface area contributed by atoms with Crippen molar-refractivity contribution in [2.45, 2.75) is 83.1 Å². The van der Waals surface area contributed by atoms with Gasteiger partial charge < -0.3 is 18.9 Å². The summed E-state index contributed by atoms with van der Waals surface area (Å²) in [6.45, 7) is 18.4. The molecule has 0 saturated heterocycles. The van der Waals surface area contributed by atoms with Gasteiger partial charge in [-0.2, -0.15) is 0 Å². The molecule has 11 heteroatoms. The molecule has 0 fully saturated rings. The number of nitrogens with one attached hydrogen (secondary N) is 1. The first-order valence-electron chi connectivity index (χ1n) is 15.2. The van der Waals surface area contributed by atoms with Crippen molar-refractivity contribution < 1.29 is 27.1 Å². The SMILES string of the molecule is CC(C)C(=O)c1cc(Oc2ccc(S(C)(=O)=O)nc2)cc(-c2ccc(C3=NC[C@H](CO[Si](C(C)C)(C(C)C)C(C)C)O3)[nH]2)c1. The van der Waals surface area contributed by atoms with Crippen LogP contribution < -0.4 is 4.74 Å². The van der Waals surface area contributed by atoms with Crippen LogP contribution in [0.2, 0.25) is 16.6 Å². The highest BCUT2D eigenvalue weighted by molar-refractivity contribution is 7.90. The summed E-state index contributed by atoms with van der Waals surface area (Å²) in [5, 5.41) is -0.0415. The van der Waals surface area contributed by atoms with Crippen LogP contribution in [-0.4, -0.2) is 63.9 Å². The zero-order valence-corrected chi connectivity index (χ0v) is 29.0. The van der Waals surface area contributed by atoms with Crippen LogP contribution >= 0.6 is 0 Å². The number of carbonyl (C=O) groups is 1. The number of ether oxygens (including phenoxy) is 2. The lowest BCUT2D eigenvalue weighted by Gasteiger charge is -2.42.